The molecule has 0 bridgehead atoms. The van der Waals surface area contributed by atoms with Crippen molar-refractivity contribution in [2.75, 3.05) is 0 Å². The molecular weight excluding hydrogens is 439 g/mol. The third-order valence-electron chi connectivity index (χ3n) is 6.97. The van der Waals surface area contributed by atoms with Gasteiger partial charge in [0.15, 0.2) is 5.78 Å². The zero-order valence-electron chi connectivity index (χ0n) is 20.1. The third-order valence-corrected chi connectivity index (χ3v) is 6.97. The monoisotopic (exact) mass is 470 g/mol. The van der Waals surface area contributed by atoms with E-state index in [-0.39, 0.29) is 11.6 Å². The van der Waals surface area contributed by atoms with Gasteiger partial charge in [-0.1, -0.05) is 50.6 Å². The van der Waals surface area contributed by atoms with Gasteiger partial charge in [0, 0.05) is 11.1 Å². The van der Waals surface area contributed by atoms with Crippen LogP contribution < -0.4 is 4.74 Å². The van der Waals surface area contributed by atoms with Crippen molar-refractivity contribution in [1.29, 1.82) is 0 Å². The van der Waals surface area contributed by atoms with E-state index in [0.717, 1.165) is 24.3 Å². The number of ketones is 1. The zero-order valence-corrected chi connectivity index (χ0v) is 20.1. The second kappa shape index (κ2) is 11.3. The predicted octanol–water partition coefficient (Wildman–Crippen LogP) is 8.15. The minimum absolute atomic E-state index is 0.196. The van der Waals surface area contributed by atoms with Gasteiger partial charge in [-0.2, -0.15) is 0 Å². The summed E-state index contributed by atoms with van der Waals surface area (Å²) in [5.74, 6) is 0.652. The average molecular weight is 471 g/mol. The van der Waals surface area contributed by atoms with Crippen molar-refractivity contribution in [1.82, 2.24) is 0 Å². The molecule has 1 aliphatic carbocycles. The van der Waals surface area contributed by atoms with Gasteiger partial charge in [-0.25, -0.2) is 9.18 Å². The van der Waals surface area contributed by atoms with Crippen molar-refractivity contribution in [2.24, 2.45) is 5.92 Å². The highest BCUT2D eigenvalue weighted by Crippen LogP contribution is 2.38. The number of carbonyl (C=O) groups is 2. The standard InChI is InChI=1S/C31H31FO3/c1-3-5-21-6-8-22(9-7-21)26-16-19-28(29(32)20-26)23-10-12-25(13-11-23)31(34)35-27-17-14-24(15-18-27)30(33)4-2/h4,10-22H,2-3,5-9H2,1H3. The number of benzene rings is 3. The van der Waals surface area contributed by atoms with Crippen molar-refractivity contribution in [2.45, 2.75) is 51.4 Å². The molecule has 0 amide bonds. The van der Waals surface area contributed by atoms with E-state index >= 15 is 4.39 Å². The molecule has 4 rings (SSSR count). The van der Waals surface area contributed by atoms with E-state index in [0.29, 0.717) is 33.9 Å². The summed E-state index contributed by atoms with van der Waals surface area (Å²) in [7, 11) is 0. The summed E-state index contributed by atoms with van der Waals surface area (Å²) in [5, 5.41) is 0. The molecule has 0 heterocycles. The first-order valence-corrected chi connectivity index (χ1v) is 12.4. The lowest BCUT2D eigenvalue weighted by Gasteiger charge is -2.28. The Morgan fingerprint density at radius 3 is 2.20 bits per heavy atom. The molecule has 1 aliphatic rings. The van der Waals surface area contributed by atoms with Crippen LogP contribution in [0.5, 0.6) is 5.75 Å². The molecule has 0 radical (unpaired) electrons. The second-order valence-corrected chi connectivity index (χ2v) is 9.31. The van der Waals surface area contributed by atoms with Gasteiger partial charge in [0.1, 0.15) is 11.6 Å². The molecule has 3 nitrogen and oxygen atoms in total. The van der Waals surface area contributed by atoms with Crippen LogP contribution in [-0.4, -0.2) is 11.8 Å². The van der Waals surface area contributed by atoms with E-state index < -0.39 is 5.97 Å². The first kappa shape index (κ1) is 24.6. The molecule has 3 aromatic rings. The van der Waals surface area contributed by atoms with Gasteiger partial charge in [0.25, 0.3) is 0 Å². The van der Waals surface area contributed by atoms with E-state index in [2.05, 4.69) is 13.5 Å². The van der Waals surface area contributed by atoms with Crippen molar-refractivity contribution >= 4 is 11.8 Å². The van der Waals surface area contributed by atoms with Crippen LogP contribution in [-0.2, 0) is 0 Å². The Hall–Kier alpha value is -3.53. The summed E-state index contributed by atoms with van der Waals surface area (Å²) in [6.07, 6.45) is 8.50. The van der Waals surface area contributed by atoms with Crippen molar-refractivity contribution in [3.63, 3.8) is 0 Å². The maximum atomic E-state index is 15.0. The number of carbonyl (C=O) groups excluding carboxylic acids is 2. The number of allylic oxidation sites excluding steroid dienone is 1. The van der Waals surface area contributed by atoms with Gasteiger partial charge in [-0.3, -0.25) is 4.79 Å². The number of hydrogen-bond donors (Lipinski definition) is 0. The van der Waals surface area contributed by atoms with Crippen LogP contribution in [0.2, 0.25) is 0 Å². The minimum atomic E-state index is -0.520. The minimum Gasteiger partial charge on any atom is -0.423 e. The normalized spacial score (nSPS) is 17.5. The molecule has 0 aromatic heterocycles. The topological polar surface area (TPSA) is 43.4 Å². The Balaban J connectivity index is 1.40. The lowest BCUT2D eigenvalue weighted by atomic mass is 9.77. The van der Waals surface area contributed by atoms with Crippen molar-refractivity contribution < 1.29 is 18.7 Å². The Labute approximate surface area is 206 Å². The summed E-state index contributed by atoms with van der Waals surface area (Å²) in [6.45, 7) is 5.70. The van der Waals surface area contributed by atoms with Crippen molar-refractivity contribution in [3.8, 4) is 16.9 Å². The van der Waals surface area contributed by atoms with Gasteiger partial charge in [-0.05, 0) is 97.2 Å². The quantitative estimate of drug-likeness (QED) is 0.144. The number of rotatable bonds is 8. The number of ether oxygens (including phenoxy) is 1. The first-order valence-electron chi connectivity index (χ1n) is 12.4. The van der Waals surface area contributed by atoms with Crippen LogP contribution in [0.4, 0.5) is 4.39 Å². The highest BCUT2D eigenvalue weighted by molar-refractivity contribution is 6.04. The molecule has 0 unspecified atom stereocenters. The summed E-state index contributed by atoms with van der Waals surface area (Å²) < 4.78 is 20.4. The van der Waals surface area contributed by atoms with Gasteiger partial charge in [-0.15, -0.1) is 0 Å². The van der Waals surface area contributed by atoms with Crippen LogP contribution >= 0.6 is 0 Å². The molecule has 180 valence electrons. The highest BCUT2D eigenvalue weighted by Gasteiger charge is 2.22. The summed E-state index contributed by atoms with van der Waals surface area (Å²) in [5.41, 5.74) is 3.16. The molecule has 0 atom stereocenters. The Bertz CT molecular complexity index is 1190. The lowest BCUT2D eigenvalue weighted by Crippen LogP contribution is -2.13. The maximum absolute atomic E-state index is 15.0. The Kier molecular flexibility index (Phi) is 7.91. The highest BCUT2D eigenvalue weighted by atomic mass is 19.1. The second-order valence-electron chi connectivity index (χ2n) is 9.31. The van der Waals surface area contributed by atoms with E-state index in [1.165, 1.54) is 31.8 Å². The Morgan fingerprint density at radius 2 is 1.60 bits per heavy atom. The van der Waals surface area contributed by atoms with E-state index in [1.54, 1.807) is 54.6 Å². The summed E-state index contributed by atoms with van der Waals surface area (Å²) in [4.78, 5) is 24.1. The van der Waals surface area contributed by atoms with Gasteiger partial charge in [0.05, 0.1) is 5.56 Å². The third kappa shape index (κ3) is 5.94. The molecule has 1 saturated carbocycles. The van der Waals surface area contributed by atoms with Crippen LogP contribution in [0.1, 0.15) is 77.6 Å². The number of esters is 1. The van der Waals surface area contributed by atoms with Crippen molar-refractivity contribution in [3.05, 3.63) is 102 Å². The first-order chi connectivity index (χ1) is 17.0. The van der Waals surface area contributed by atoms with Gasteiger partial charge < -0.3 is 4.74 Å². The molecular formula is C31H31FO3. The molecule has 0 saturated heterocycles. The molecule has 4 heteroatoms. The van der Waals surface area contributed by atoms with E-state index in [4.69, 9.17) is 4.74 Å². The fraction of sp³-hybridized carbons (Fsp3) is 0.290. The lowest BCUT2D eigenvalue weighted by molar-refractivity contribution is 0.0734. The summed E-state index contributed by atoms with van der Waals surface area (Å²) >= 11 is 0. The maximum Gasteiger partial charge on any atom is 0.343 e. The fourth-order valence-electron chi connectivity index (χ4n) is 4.97. The largest absolute Gasteiger partial charge is 0.423 e. The number of hydrogen-bond acceptors (Lipinski definition) is 3. The summed E-state index contributed by atoms with van der Waals surface area (Å²) in [6, 6.07) is 18.6. The SMILES string of the molecule is C=CC(=O)c1ccc(OC(=O)c2ccc(-c3ccc(C4CCC(CCC)CC4)cc3F)cc2)cc1. The van der Waals surface area contributed by atoms with Gasteiger partial charge >= 0.3 is 5.97 Å². The predicted molar refractivity (Wildman–Crippen MR) is 137 cm³/mol. The van der Waals surface area contributed by atoms with E-state index in [1.807, 2.05) is 12.1 Å². The molecule has 35 heavy (non-hydrogen) atoms. The molecule has 0 N–H and O–H groups in total. The zero-order chi connectivity index (χ0) is 24.8. The number of halogens is 1. The van der Waals surface area contributed by atoms with Gasteiger partial charge in [0.2, 0.25) is 0 Å². The smallest absolute Gasteiger partial charge is 0.343 e. The van der Waals surface area contributed by atoms with Crippen LogP contribution in [0.25, 0.3) is 11.1 Å². The average Bonchev–Trinajstić information content (AvgIpc) is 2.89. The molecule has 1 fully saturated rings. The fourth-order valence-corrected chi connectivity index (χ4v) is 4.97. The molecule has 3 aromatic carbocycles. The van der Waals surface area contributed by atoms with Crippen LogP contribution in [0, 0.1) is 11.7 Å². The Morgan fingerprint density at radius 1 is 0.943 bits per heavy atom. The molecule has 0 spiro atoms. The van der Waals surface area contributed by atoms with Crippen LogP contribution in [0.15, 0.2) is 79.4 Å². The van der Waals surface area contributed by atoms with Crippen LogP contribution in [0.3, 0.4) is 0 Å². The van der Waals surface area contributed by atoms with E-state index in [9.17, 15) is 9.59 Å². The molecule has 0 aliphatic heterocycles.